The van der Waals surface area contributed by atoms with Crippen molar-refractivity contribution in [2.75, 3.05) is 7.11 Å². The minimum atomic E-state index is -0.218. The highest BCUT2D eigenvalue weighted by Crippen LogP contribution is 2.30. The zero-order valence-corrected chi connectivity index (χ0v) is 11.2. The third-order valence-corrected chi connectivity index (χ3v) is 3.39. The summed E-state index contributed by atoms with van der Waals surface area (Å²) in [7, 11) is 1.62. The maximum atomic E-state index is 6.28. The Morgan fingerprint density at radius 2 is 1.83 bits per heavy atom. The summed E-state index contributed by atoms with van der Waals surface area (Å²) in [6, 6.07) is 13.4. The van der Waals surface area contributed by atoms with Crippen molar-refractivity contribution in [1.82, 2.24) is 0 Å². The molecule has 94 valence electrons. The molecule has 0 saturated carbocycles. The largest absolute Gasteiger partial charge is 0.497 e. The number of halogens is 1. The molecule has 0 aliphatic carbocycles. The maximum Gasteiger partial charge on any atom is 0.120 e. The van der Waals surface area contributed by atoms with Crippen LogP contribution in [0.25, 0.3) is 0 Å². The van der Waals surface area contributed by atoms with Crippen molar-refractivity contribution in [3.05, 3.63) is 64.2 Å². The maximum absolute atomic E-state index is 6.28. The average Bonchev–Trinajstić information content (AvgIpc) is 2.38. The molecule has 18 heavy (non-hydrogen) atoms. The normalized spacial score (nSPS) is 12.2. The van der Waals surface area contributed by atoms with Gasteiger partial charge in [0.05, 0.1) is 13.2 Å². The molecule has 2 nitrogen and oxygen atoms in total. The van der Waals surface area contributed by atoms with Crippen molar-refractivity contribution in [3.8, 4) is 5.75 Å². The van der Waals surface area contributed by atoms with Crippen LogP contribution >= 0.6 is 11.6 Å². The Morgan fingerprint density at radius 1 is 1.11 bits per heavy atom. The van der Waals surface area contributed by atoms with E-state index in [9.17, 15) is 0 Å². The van der Waals surface area contributed by atoms with Crippen molar-refractivity contribution >= 4 is 11.6 Å². The Balaban J connectivity index is 2.40. The molecular weight excluding hydrogens is 246 g/mol. The molecule has 3 heteroatoms. The van der Waals surface area contributed by atoms with Gasteiger partial charge in [0.15, 0.2) is 0 Å². The summed E-state index contributed by atoms with van der Waals surface area (Å²) in [5, 5.41) is 0.630. The molecule has 1 atom stereocenters. The van der Waals surface area contributed by atoms with Crippen molar-refractivity contribution in [2.45, 2.75) is 13.0 Å². The van der Waals surface area contributed by atoms with Gasteiger partial charge in [-0.25, -0.2) is 0 Å². The molecule has 2 rings (SSSR count). The first-order valence-corrected chi connectivity index (χ1v) is 6.16. The van der Waals surface area contributed by atoms with E-state index in [2.05, 4.69) is 0 Å². The Hall–Kier alpha value is -1.51. The number of aryl methyl sites for hydroxylation is 1. The van der Waals surface area contributed by atoms with Crippen LogP contribution in [0.4, 0.5) is 0 Å². The van der Waals surface area contributed by atoms with Crippen molar-refractivity contribution in [2.24, 2.45) is 5.73 Å². The monoisotopic (exact) mass is 261 g/mol. The minimum absolute atomic E-state index is 0.218. The highest BCUT2D eigenvalue weighted by Gasteiger charge is 2.14. The van der Waals surface area contributed by atoms with Crippen LogP contribution in [0.2, 0.25) is 5.02 Å². The molecule has 2 aromatic rings. The topological polar surface area (TPSA) is 35.2 Å². The minimum Gasteiger partial charge on any atom is -0.497 e. The van der Waals surface area contributed by atoms with Crippen molar-refractivity contribution in [3.63, 3.8) is 0 Å². The van der Waals surface area contributed by atoms with E-state index in [1.807, 2.05) is 43.3 Å². The number of methoxy groups -OCH3 is 1. The summed E-state index contributed by atoms with van der Waals surface area (Å²) in [6.07, 6.45) is 0. The Kier molecular flexibility index (Phi) is 3.90. The van der Waals surface area contributed by atoms with Crippen LogP contribution in [0.5, 0.6) is 5.75 Å². The van der Waals surface area contributed by atoms with E-state index >= 15 is 0 Å². The number of hydrogen-bond acceptors (Lipinski definition) is 2. The van der Waals surface area contributed by atoms with Gasteiger partial charge in [0.2, 0.25) is 0 Å². The second-order valence-electron chi connectivity index (χ2n) is 4.22. The quantitative estimate of drug-likeness (QED) is 0.914. The van der Waals surface area contributed by atoms with Crippen LogP contribution in [-0.2, 0) is 0 Å². The summed E-state index contributed by atoms with van der Waals surface area (Å²) in [5.74, 6) is 0.737. The molecule has 0 aromatic heterocycles. The van der Waals surface area contributed by atoms with Gasteiger partial charge in [0, 0.05) is 5.02 Å². The lowest BCUT2D eigenvalue weighted by Crippen LogP contribution is -2.13. The highest BCUT2D eigenvalue weighted by atomic mass is 35.5. The predicted molar refractivity (Wildman–Crippen MR) is 75.2 cm³/mol. The smallest absolute Gasteiger partial charge is 0.120 e. The average molecular weight is 262 g/mol. The van der Waals surface area contributed by atoms with Crippen LogP contribution in [0.1, 0.15) is 22.7 Å². The number of nitrogens with two attached hydrogens (primary N) is 1. The van der Waals surface area contributed by atoms with Crippen LogP contribution < -0.4 is 10.5 Å². The number of rotatable bonds is 3. The number of benzene rings is 2. The lowest BCUT2D eigenvalue weighted by molar-refractivity contribution is 0.414. The van der Waals surface area contributed by atoms with Gasteiger partial charge in [-0.2, -0.15) is 0 Å². The first kappa shape index (κ1) is 12.9. The molecule has 0 amide bonds. The Labute approximate surface area is 112 Å². The van der Waals surface area contributed by atoms with Gasteiger partial charge in [-0.05, 0) is 35.7 Å². The van der Waals surface area contributed by atoms with Crippen LogP contribution in [0.3, 0.4) is 0 Å². The fraction of sp³-hybridized carbons (Fsp3) is 0.200. The molecule has 0 fully saturated rings. The third-order valence-electron chi connectivity index (χ3n) is 3.07. The fourth-order valence-corrected chi connectivity index (χ4v) is 2.28. The Morgan fingerprint density at radius 3 is 2.44 bits per heavy atom. The summed E-state index contributed by atoms with van der Waals surface area (Å²) in [4.78, 5) is 0. The van der Waals surface area contributed by atoms with Gasteiger partial charge in [0.1, 0.15) is 5.75 Å². The zero-order chi connectivity index (χ0) is 13.1. The molecule has 0 saturated heterocycles. The first-order valence-electron chi connectivity index (χ1n) is 5.78. The standard InChI is InChI=1S/C15H16ClNO/c1-10-5-3-4-6-12(10)15(17)13-8-7-11(18-2)9-14(13)16/h3-9,15H,17H2,1-2H3. The fourth-order valence-electron chi connectivity index (χ4n) is 1.99. The van der Waals surface area contributed by atoms with E-state index in [1.54, 1.807) is 13.2 Å². The van der Waals surface area contributed by atoms with Crippen molar-refractivity contribution < 1.29 is 4.74 Å². The predicted octanol–water partition coefficient (Wildman–Crippen LogP) is 3.71. The molecular formula is C15H16ClNO. The molecule has 0 aliphatic rings. The molecule has 0 radical (unpaired) electrons. The van der Waals surface area contributed by atoms with Gasteiger partial charge >= 0.3 is 0 Å². The van der Waals surface area contributed by atoms with Crippen LogP contribution in [-0.4, -0.2) is 7.11 Å². The number of hydrogen-bond donors (Lipinski definition) is 1. The van der Waals surface area contributed by atoms with Gasteiger partial charge in [-0.1, -0.05) is 41.9 Å². The van der Waals surface area contributed by atoms with Gasteiger partial charge in [-0.3, -0.25) is 0 Å². The second-order valence-corrected chi connectivity index (χ2v) is 4.63. The second kappa shape index (κ2) is 5.42. The van der Waals surface area contributed by atoms with E-state index in [-0.39, 0.29) is 6.04 Å². The SMILES string of the molecule is COc1ccc(C(N)c2ccccc2C)c(Cl)c1. The molecule has 2 N–H and O–H groups in total. The first-order chi connectivity index (χ1) is 8.63. The lowest BCUT2D eigenvalue weighted by Gasteiger charge is -2.17. The molecule has 1 unspecified atom stereocenters. The highest BCUT2D eigenvalue weighted by molar-refractivity contribution is 6.31. The molecule has 2 aromatic carbocycles. The molecule has 0 spiro atoms. The van der Waals surface area contributed by atoms with E-state index in [1.165, 1.54) is 0 Å². The van der Waals surface area contributed by atoms with Crippen LogP contribution in [0.15, 0.2) is 42.5 Å². The van der Waals surface area contributed by atoms with Gasteiger partial charge in [-0.15, -0.1) is 0 Å². The van der Waals surface area contributed by atoms with Gasteiger partial charge < -0.3 is 10.5 Å². The summed E-state index contributed by atoms with van der Waals surface area (Å²) >= 11 is 6.25. The lowest BCUT2D eigenvalue weighted by atomic mass is 9.96. The summed E-state index contributed by atoms with van der Waals surface area (Å²) in [5.41, 5.74) is 9.44. The zero-order valence-electron chi connectivity index (χ0n) is 10.5. The van der Waals surface area contributed by atoms with E-state index in [0.717, 1.165) is 22.4 Å². The molecule has 0 aliphatic heterocycles. The van der Waals surface area contributed by atoms with E-state index in [0.29, 0.717) is 5.02 Å². The van der Waals surface area contributed by atoms with Gasteiger partial charge in [0.25, 0.3) is 0 Å². The van der Waals surface area contributed by atoms with E-state index < -0.39 is 0 Å². The number of ether oxygens (including phenoxy) is 1. The molecule has 0 heterocycles. The third kappa shape index (κ3) is 2.50. The van der Waals surface area contributed by atoms with Crippen molar-refractivity contribution in [1.29, 1.82) is 0 Å². The summed E-state index contributed by atoms with van der Waals surface area (Å²) in [6.45, 7) is 2.05. The van der Waals surface area contributed by atoms with E-state index in [4.69, 9.17) is 22.1 Å². The molecule has 0 bridgehead atoms. The summed E-state index contributed by atoms with van der Waals surface area (Å²) < 4.78 is 5.13. The van der Waals surface area contributed by atoms with Crippen LogP contribution in [0, 0.1) is 6.92 Å². The Bertz CT molecular complexity index is 554.